The number of rotatable bonds is 13. The van der Waals surface area contributed by atoms with E-state index in [-0.39, 0.29) is 41.7 Å². The summed E-state index contributed by atoms with van der Waals surface area (Å²) >= 11 is 0. The smallest absolute Gasteiger partial charge is 0.347 e. The SMILES string of the molecule is COC(O)N[C@H](C(=O)N1CCC[C@H]1c1ncc(C2=CC3COC4=C(C=C5CCc6nc([C@@H]7CCCN7C(O)[C@H](NC(N(C)C)=[N+](C)C)c7ccc(C8C=CC8)cc7)n(N)c6C5C4)C3C=C2)[nH]1)C(C)C. The van der Waals surface area contributed by atoms with E-state index in [0.717, 1.165) is 109 Å². The number of nitrogen functional groups attached to an aromatic ring is 1. The third kappa shape index (κ3) is 8.87. The van der Waals surface area contributed by atoms with E-state index in [4.69, 9.17) is 25.3 Å². The number of aliphatic hydroxyl groups is 2. The van der Waals surface area contributed by atoms with Crippen LogP contribution in [0.25, 0.3) is 5.57 Å². The number of aromatic amines is 1. The fourth-order valence-electron chi connectivity index (χ4n) is 12.0. The van der Waals surface area contributed by atoms with E-state index >= 15 is 0 Å². The summed E-state index contributed by atoms with van der Waals surface area (Å²) < 4.78 is 15.6. The zero-order valence-electron chi connectivity index (χ0n) is 41.3. The molecule has 0 saturated carbocycles. The number of ether oxygens (including phenoxy) is 2. The van der Waals surface area contributed by atoms with Crippen molar-refractivity contribution in [3.8, 4) is 0 Å². The molecule has 1 aromatic carbocycles. The lowest BCUT2D eigenvalue weighted by molar-refractivity contribution is -0.472. The number of carbonyl (C=O) groups is 1. The van der Waals surface area contributed by atoms with Gasteiger partial charge in [-0.15, -0.1) is 0 Å². The minimum Gasteiger partial charge on any atom is -0.497 e. The van der Waals surface area contributed by atoms with Crippen molar-refractivity contribution < 1.29 is 29.1 Å². The van der Waals surface area contributed by atoms with Gasteiger partial charge in [-0.25, -0.2) is 14.6 Å². The van der Waals surface area contributed by atoms with E-state index in [2.05, 4.69) is 81.2 Å². The van der Waals surface area contributed by atoms with Gasteiger partial charge in [0.2, 0.25) is 12.3 Å². The first-order valence-electron chi connectivity index (χ1n) is 25.1. The van der Waals surface area contributed by atoms with Gasteiger partial charge in [-0.05, 0) is 73.1 Å². The van der Waals surface area contributed by atoms with Gasteiger partial charge in [-0.3, -0.25) is 29.8 Å². The number of allylic oxidation sites excluding steroid dienone is 9. The summed E-state index contributed by atoms with van der Waals surface area (Å²) in [6, 6.07) is 7.43. The summed E-state index contributed by atoms with van der Waals surface area (Å²) in [5.74, 6) is 11.5. The van der Waals surface area contributed by atoms with Crippen LogP contribution in [0.4, 0.5) is 0 Å². The lowest BCUT2D eigenvalue weighted by Crippen LogP contribution is -2.52. The highest BCUT2D eigenvalue weighted by molar-refractivity contribution is 5.83. The fraction of sp³-hybridized carbons (Fsp3) is 0.547. The number of aromatic nitrogens is 4. The summed E-state index contributed by atoms with van der Waals surface area (Å²) in [4.78, 5) is 33.6. The number of amides is 1. The summed E-state index contributed by atoms with van der Waals surface area (Å²) in [5, 5.41) is 29.3. The van der Waals surface area contributed by atoms with Crippen molar-refractivity contribution in [2.75, 3.05) is 60.8 Å². The number of methoxy groups -OCH3 is 1. The number of H-pyrrole nitrogens is 1. The van der Waals surface area contributed by atoms with Gasteiger partial charge in [0, 0.05) is 50.3 Å². The molecule has 5 heterocycles. The Kier molecular flexibility index (Phi) is 13.2. The highest BCUT2D eigenvalue weighted by Crippen LogP contribution is 2.50. The standard InChI is InChI=1S/C53H71N11O5/c1-30(2)45(59-53(67)68-7)50(65)62-23-9-13-42(62)48-55-28-41(56-48)35-19-21-37-36(25-35)29-69-44-27-38-34(26-39(37)44)20-22-40-47(38)64(54)49(57-40)43-14-10-24-63(43)51(66)46(58-52(60(3)4)61(5)6)33-17-15-32(16-18-33)31-11-8-12-31/h8,11,15-19,21,25-26,28,30-31,36-38,42-43,45-46,51,53,59,66-67H,9-10,12-14,20,22-24,27,29,54H2,1-7H3,(H,55,56)/p+1/t31?,36?,37?,38?,42-,43-,45-,46+,51?,53?/m0/s1. The van der Waals surface area contributed by atoms with Crippen LogP contribution < -0.4 is 16.5 Å². The molecule has 7 N–H and O–H groups in total. The molecule has 4 aliphatic carbocycles. The van der Waals surface area contributed by atoms with Crippen molar-refractivity contribution in [3.05, 3.63) is 124 Å². The first kappa shape index (κ1) is 47.2. The van der Waals surface area contributed by atoms with Crippen LogP contribution in [0.15, 0.2) is 83.8 Å². The largest absolute Gasteiger partial charge is 0.497 e. The maximum absolute atomic E-state index is 13.8. The van der Waals surface area contributed by atoms with Crippen LogP contribution in [0.1, 0.15) is 129 Å². The summed E-state index contributed by atoms with van der Waals surface area (Å²) in [6.07, 6.45) is 20.5. The number of likely N-dealkylation sites (tertiary alicyclic amines) is 2. The first-order chi connectivity index (χ1) is 33.3. The Hall–Kier alpha value is -5.52. The number of guanidine groups is 1. The Labute approximate surface area is 406 Å². The van der Waals surface area contributed by atoms with Gasteiger partial charge >= 0.3 is 5.96 Å². The van der Waals surface area contributed by atoms with Crippen molar-refractivity contribution in [1.29, 1.82) is 0 Å². The molecule has 2 fully saturated rings. The van der Waals surface area contributed by atoms with E-state index in [9.17, 15) is 15.0 Å². The quantitative estimate of drug-likeness (QED) is 0.0335. The molecule has 2 saturated heterocycles. The van der Waals surface area contributed by atoms with E-state index in [0.29, 0.717) is 19.1 Å². The zero-order chi connectivity index (χ0) is 48.2. The van der Waals surface area contributed by atoms with E-state index in [1.165, 1.54) is 23.8 Å². The number of nitrogens with one attached hydrogen (secondary N) is 3. The maximum Gasteiger partial charge on any atom is 0.347 e. The van der Waals surface area contributed by atoms with Gasteiger partial charge in [0.05, 0.1) is 76.2 Å². The molecule has 69 heavy (non-hydrogen) atoms. The minimum atomic E-state index is -1.22. The Bertz CT molecular complexity index is 2600. The number of nitrogens with zero attached hydrogens (tertiary/aromatic N) is 7. The number of aliphatic hydroxyl groups excluding tert-OH is 2. The summed E-state index contributed by atoms with van der Waals surface area (Å²) in [5.41, 5.74) is 9.04. The molecule has 0 radical (unpaired) electrons. The summed E-state index contributed by atoms with van der Waals surface area (Å²) in [6.45, 7) is 5.86. The topological polar surface area (TPSA) is 185 Å². The monoisotopic (exact) mass is 943 g/mol. The number of benzene rings is 1. The number of hydrogen-bond donors (Lipinski definition) is 6. The number of fused-ring (bicyclic) bond motifs is 5. The maximum atomic E-state index is 13.8. The van der Waals surface area contributed by atoms with Gasteiger partial charge in [-0.1, -0.05) is 80.1 Å². The molecule has 2 aromatic heterocycles. The molecule has 6 unspecified atom stereocenters. The van der Waals surface area contributed by atoms with E-state index < -0.39 is 24.7 Å². The predicted octanol–water partition coefficient (Wildman–Crippen LogP) is 5.07. The number of carbonyl (C=O) groups excluding carboxylic acids is 1. The van der Waals surface area contributed by atoms with Crippen molar-refractivity contribution >= 4 is 17.4 Å². The fourth-order valence-corrected chi connectivity index (χ4v) is 12.0. The average Bonchev–Trinajstić information content (AvgIpc) is 4.16. The molecular formula is C53H72N11O5+. The Morgan fingerprint density at radius 2 is 1.84 bits per heavy atom. The molecule has 3 aromatic rings. The average molecular weight is 943 g/mol. The van der Waals surface area contributed by atoms with Crippen LogP contribution in [0.5, 0.6) is 0 Å². The molecule has 16 nitrogen and oxygen atoms in total. The van der Waals surface area contributed by atoms with Crippen molar-refractivity contribution in [3.63, 3.8) is 0 Å². The number of nitrogens with two attached hydrogens (primary N) is 1. The van der Waals surface area contributed by atoms with Crippen LogP contribution in [0, 0.1) is 17.8 Å². The van der Waals surface area contributed by atoms with Gasteiger partial charge in [-0.2, -0.15) is 0 Å². The second-order valence-corrected chi connectivity index (χ2v) is 20.8. The Morgan fingerprint density at radius 1 is 1.07 bits per heavy atom. The van der Waals surface area contributed by atoms with Crippen LogP contribution >= 0.6 is 0 Å². The zero-order valence-corrected chi connectivity index (χ0v) is 41.3. The van der Waals surface area contributed by atoms with Crippen LogP contribution in [-0.4, -0.2) is 135 Å². The number of imidazole rings is 2. The molecular weight excluding hydrogens is 871 g/mol. The van der Waals surface area contributed by atoms with Crippen LogP contribution in [0.3, 0.4) is 0 Å². The Balaban J connectivity index is 0.845. The van der Waals surface area contributed by atoms with Gasteiger partial charge in [0.1, 0.15) is 29.7 Å². The number of hydrogen-bond acceptors (Lipinski definition) is 10. The molecule has 0 spiro atoms. The van der Waals surface area contributed by atoms with Crippen molar-refractivity contribution in [2.24, 2.45) is 17.8 Å². The second-order valence-electron chi connectivity index (χ2n) is 20.8. The normalized spacial score (nSPS) is 26.7. The molecule has 10 rings (SSSR count). The van der Waals surface area contributed by atoms with E-state index in [1.54, 1.807) is 0 Å². The molecule has 10 atom stereocenters. The Morgan fingerprint density at radius 3 is 2.55 bits per heavy atom. The first-order valence-corrected chi connectivity index (χ1v) is 25.1. The highest BCUT2D eigenvalue weighted by Gasteiger charge is 2.44. The molecule has 368 valence electrons. The third-order valence-electron chi connectivity index (χ3n) is 15.8. The lowest BCUT2D eigenvalue weighted by atomic mass is 9.71. The van der Waals surface area contributed by atoms with Gasteiger partial charge in [0.15, 0.2) is 0 Å². The van der Waals surface area contributed by atoms with E-state index in [1.807, 2.05) is 67.3 Å². The molecule has 0 bridgehead atoms. The molecule has 7 aliphatic rings. The molecule has 1 amide bonds. The highest BCUT2D eigenvalue weighted by atomic mass is 16.6. The third-order valence-corrected chi connectivity index (χ3v) is 15.8. The van der Waals surface area contributed by atoms with Crippen LogP contribution in [-0.2, 0) is 20.7 Å². The predicted molar refractivity (Wildman–Crippen MR) is 265 cm³/mol. The number of aryl methyl sites for hydroxylation is 1. The summed E-state index contributed by atoms with van der Waals surface area (Å²) in [7, 11) is 9.48. The van der Waals surface area contributed by atoms with Crippen LogP contribution in [0.2, 0.25) is 0 Å². The van der Waals surface area contributed by atoms with Gasteiger partial charge < -0.3 is 35.4 Å². The second kappa shape index (κ2) is 19.3. The molecule has 16 heteroatoms. The minimum absolute atomic E-state index is 0.0441. The van der Waals surface area contributed by atoms with Crippen molar-refractivity contribution in [2.45, 2.75) is 114 Å². The van der Waals surface area contributed by atoms with Gasteiger partial charge in [0.25, 0.3) is 0 Å². The lowest BCUT2D eigenvalue weighted by Gasteiger charge is -2.39. The molecule has 3 aliphatic heterocycles. The van der Waals surface area contributed by atoms with Crippen molar-refractivity contribution in [1.82, 2.24) is 45.0 Å².